The third kappa shape index (κ3) is 3.17. The van der Waals surface area contributed by atoms with Crippen molar-refractivity contribution in [3.8, 4) is 0 Å². The van der Waals surface area contributed by atoms with Crippen molar-refractivity contribution in [2.75, 3.05) is 0 Å². The van der Waals surface area contributed by atoms with Crippen LogP contribution < -0.4 is 0 Å². The van der Waals surface area contributed by atoms with Gasteiger partial charge in [-0.15, -0.1) is 0 Å². The van der Waals surface area contributed by atoms with Gasteiger partial charge in [-0.1, -0.05) is 29.8 Å². The van der Waals surface area contributed by atoms with Crippen molar-refractivity contribution in [2.45, 2.75) is 13.8 Å². The standard InChI is InChI=1S/C10H12N2.V/c1-7-3-5-9(6-4-7)10(12)8(2)11;/h3-6,11-12H,1-2H3;. The van der Waals surface area contributed by atoms with Crippen LogP contribution in [-0.2, 0) is 18.6 Å². The molecule has 0 saturated heterocycles. The van der Waals surface area contributed by atoms with Gasteiger partial charge in [-0.25, -0.2) is 0 Å². The van der Waals surface area contributed by atoms with Crippen LogP contribution in [0.25, 0.3) is 0 Å². The van der Waals surface area contributed by atoms with E-state index in [0.717, 1.165) is 5.56 Å². The van der Waals surface area contributed by atoms with Crippen LogP contribution in [0.1, 0.15) is 18.1 Å². The maximum atomic E-state index is 7.53. The number of hydrogen-bond acceptors (Lipinski definition) is 2. The molecule has 2 nitrogen and oxygen atoms in total. The SMILES string of the molecule is CC(=N)C(=N)c1ccc(C)cc1.[V]. The van der Waals surface area contributed by atoms with Crippen LogP contribution in [0.2, 0.25) is 0 Å². The molecule has 3 heteroatoms. The molecule has 0 fully saturated rings. The van der Waals surface area contributed by atoms with Crippen LogP contribution >= 0.6 is 0 Å². The fourth-order valence-corrected chi connectivity index (χ4v) is 0.937. The molecule has 0 aliphatic carbocycles. The molecule has 0 saturated carbocycles. The molecule has 2 N–H and O–H groups in total. The van der Waals surface area contributed by atoms with Gasteiger partial charge in [0.15, 0.2) is 0 Å². The third-order valence-corrected chi connectivity index (χ3v) is 1.72. The summed E-state index contributed by atoms with van der Waals surface area (Å²) < 4.78 is 0. The van der Waals surface area contributed by atoms with E-state index in [-0.39, 0.29) is 18.6 Å². The first kappa shape index (κ1) is 12.1. The number of hydrogen-bond donors (Lipinski definition) is 2. The summed E-state index contributed by atoms with van der Waals surface area (Å²) in [5, 5.41) is 14.8. The average Bonchev–Trinajstić information content (AvgIpc) is 2.04. The monoisotopic (exact) mass is 211 g/mol. The summed E-state index contributed by atoms with van der Waals surface area (Å²) in [5.41, 5.74) is 2.59. The van der Waals surface area contributed by atoms with Gasteiger partial charge in [-0.3, -0.25) is 5.41 Å². The van der Waals surface area contributed by atoms with Crippen molar-refractivity contribution in [3.63, 3.8) is 0 Å². The Morgan fingerprint density at radius 2 is 1.54 bits per heavy atom. The van der Waals surface area contributed by atoms with E-state index in [4.69, 9.17) is 10.8 Å². The molecular weight excluding hydrogens is 199 g/mol. The molecule has 1 aromatic carbocycles. The molecule has 1 aromatic rings. The molecular formula is C10H12N2V. The van der Waals surface area contributed by atoms with Gasteiger partial charge in [-0.05, 0) is 13.8 Å². The van der Waals surface area contributed by atoms with Gasteiger partial charge in [0.1, 0.15) is 0 Å². The van der Waals surface area contributed by atoms with Crippen molar-refractivity contribution < 1.29 is 18.6 Å². The van der Waals surface area contributed by atoms with Crippen molar-refractivity contribution in [1.82, 2.24) is 0 Å². The minimum atomic E-state index is 0. The minimum Gasteiger partial charge on any atom is -0.303 e. The van der Waals surface area contributed by atoms with Gasteiger partial charge in [0.25, 0.3) is 0 Å². The van der Waals surface area contributed by atoms with E-state index in [1.807, 2.05) is 31.2 Å². The molecule has 0 bridgehead atoms. The molecule has 1 rings (SSSR count). The zero-order valence-electron chi connectivity index (χ0n) is 7.76. The van der Waals surface area contributed by atoms with Crippen LogP contribution in [0.4, 0.5) is 0 Å². The summed E-state index contributed by atoms with van der Waals surface area (Å²) in [6, 6.07) is 7.64. The first-order valence-corrected chi connectivity index (χ1v) is 3.82. The van der Waals surface area contributed by atoms with Gasteiger partial charge in [0, 0.05) is 24.1 Å². The van der Waals surface area contributed by atoms with Crippen LogP contribution in [0.5, 0.6) is 0 Å². The molecule has 0 aliphatic rings. The third-order valence-electron chi connectivity index (χ3n) is 1.72. The van der Waals surface area contributed by atoms with E-state index in [1.165, 1.54) is 5.56 Å². The zero-order valence-corrected chi connectivity index (χ0v) is 9.15. The molecule has 0 aliphatic heterocycles. The first-order chi connectivity index (χ1) is 5.61. The van der Waals surface area contributed by atoms with Crippen LogP contribution in [0, 0.1) is 17.7 Å². The van der Waals surface area contributed by atoms with Gasteiger partial charge in [0.2, 0.25) is 0 Å². The second kappa shape index (κ2) is 5.00. The summed E-state index contributed by atoms with van der Waals surface area (Å²) in [5.74, 6) is 0. The first-order valence-electron chi connectivity index (χ1n) is 3.82. The quantitative estimate of drug-likeness (QED) is 0.706. The molecule has 0 atom stereocenters. The predicted molar refractivity (Wildman–Crippen MR) is 51.4 cm³/mol. The zero-order chi connectivity index (χ0) is 9.14. The topological polar surface area (TPSA) is 47.7 Å². The molecule has 0 heterocycles. The van der Waals surface area contributed by atoms with Crippen molar-refractivity contribution in [3.05, 3.63) is 35.4 Å². The summed E-state index contributed by atoms with van der Waals surface area (Å²) >= 11 is 0. The maximum Gasteiger partial charge on any atom is 0.0816 e. The summed E-state index contributed by atoms with van der Waals surface area (Å²) in [6.45, 7) is 3.63. The molecule has 0 amide bonds. The van der Waals surface area contributed by atoms with Crippen LogP contribution in [0.15, 0.2) is 24.3 Å². The van der Waals surface area contributed by atoms with Crippen molar-refractivity contribution in [2.24, 2.45) is 0 Å². The Labute approximate surface area is 90.3 Å². The van der Waals surface area contributed by atoms with Crippen molar-refractivity contribution >= 4 is 11.4 Å². The molecule has 67 valence electrons. The Kier molecular flexibility index (Phi) is 4.67. The van der Waals surface area contributed by atoms with Crippen LogP contribution in [-0.4, -0.2) is 11.4 Å². The van der Waals surface area contributed by atoms with Crippen LogP contribution in [0.3, 0.4) is 0 Å². The largest absolute Gasteiger partial charge is 0.303 e. The summed E-state index contributed by atoms with van der Waals surface area (Å²) in [6.07, 6.45) is 0. The molecule has 0 aromatic heterocycles. The summed E-state index contributed by atoms with van der Waals surface area (Å²) in [4.78, 5) is 0. The fourth-order valence-electron chi connectivity index (χ4n) is 0.937. The molecule has 0 spiro atoms. The van der Waals surface area contributed by atoms with E-state index in [2.05, 4.69) is 0 Å². The average molecular weight is 211 g/mol. The van der Waals surface area contributed by atoms with Crippen molar-refractivity contribution in [1.29, 1.82) is 10.8 Å². The molecule has 1 radical (unpaired) electrons. The van der Waals surface area contributed by atoms with E-state index in [0.29, 0.717) is 11.4 Å². The Morgan fingerprint density at radius 1 is 1.08 bits per heavy atom. The van der Waals surface area contributed by atoms with Gasteiger partial charge >= 0.3 is 0 Å². The Morgan fingerprint density at radius 3 is 1.92 bits per heavy atom. The molecule has 13 heavy (non-hydrogen) atoms. The Balaban J connectivity index is 0.00000144. The Hall–Kier alpha value is -0.856. The predicted octanol–water partition coefficient (Wildman–Crippen LogP) is 2.40. The van der Waals surface area contributed by atoms with Gasteiger partial charge < -0.3 is 5.41 Å². The number of rotatable bonds is 2. The Bertz CT molecular complexity index is 314. The molecule has 0 unspecified atom stereocenters. The van der Waals surface area contributed by atoms with E-state index in [9.17, 15) is 0 Å². The van der Waals surface area contributed by atoms with Gasteiger partial charge in [0.05, 0.1) is 11.4 Å². The number of nitrogens with one attached hydrogen (secondary N) is 2. The second-order valence-corrected chi connectivity index (χ2v) is 2.87. The van der Waals surface area contributed by atoms with E-state index < -0.39 is 0 Å². The maximum absolute atomic E-state index is 7.53. The number of benzene rings is 1. The summed E-state index contributed by atoms with van der Waals surface area (Å²) in [7, 11) is 0. The minimum absolute atomic E-state index is 0. The van der Waals surface area contributed by atoms with E-state index >= 15 is 0 Å². The number of aryl methyl sites for hydroxylation is 1. The fraction of sp³-hybridized carbons (Fsp3) is 0.200. The smallest absolute Gasteiger partial charge is 0.0816 e. The second-order valence-electron chi connectivity index (χ2n) is 2.87. The van der Waals surface area contributed by atoms with E-state index in [1.54, 1.807) is 6.92 Å². The normalized spacial score (nSPS) is 8.77. The van der Waals surface area contributed by atoms with Gasteiger partial charge in [-0.2, -0.15) is 0 Å².